The molecular formula is C16H31NO. The molecule has 18 heavy (non-hydrogen) atoms. The molecule has 0 saturated carbocycles. The Bertz CT molecular complexity index is 260. The van der Waals surface area contributed by atoms with Crippen molar-refractivity contribution in [2.45, 2.75) is 78.7 Å². The van der Waals surface area contributed by atoms with Crippen molar-refractivity contribution in [2.24, 2.45) is 11.3 Å². The van der Waals surface area contributed by atoms with Crippen LogP contribution in [0.1, 0.15) is 72.6 Å². The van der Waals surface area contributed by atoms with E-state index in [0.29, 0.717) is 11.7 Å². The van der Waals surface area contributed by atoms with Crippen LogP contribution in [0.4, 0.5) is 0 Å². The molecule has 0 spiro atoms. The first-order valence-electron chi connectivity index (χ1n) is 7.75. The highest BCUT2D eigenvalue weighted by atomic mass is 16.1. The van der Waals surface area contributed by atoms with Gasteiger partial charge in [0.05, 0.1) is 6.04 Å². The van der Waals surface area contributed by atoms with Gasteiger partial charge in [0.25, 0.3) is 0 Å². The van der Waals surface area contributed by atoms with Crippen LogP contribution in [0.5, 0.6) is 0 Å². The van der Waals surface area contributed by atoms with Gasteiger partial charge in [-0.15, -0.1) is 0 Å². The lowest BCUT2D eigenvalue weighted by molar-refractivity contribution is -0.130. The summed E-state index contributed by atoms with van der Waals surface area (Å²) in [6.07, 6.45) is 8.28. The van der Waals surface area contributed by atoms with Crippen LogP contribution in [0.15, 0.2) is 0 Å². The van der Waals surface area contributed by atoms with E-state index in [0.717, 1.165) is 19.4 Å². The maximum absolute atomic E-state index is 12.6. The number of ketones is 1. The Morgan fingerprint density at radius 1 is 1.28 bits per heavy atom. The van der Waals surface area contributed by atoms with E-state index < -0.39 is 0 Å². The molecule has 0 bridgehead atoms. The van der Waals surface area contributed by atoms with Crippen LogP contribution in [0, 0.1) is 11.3 Å². The fraction of sp³-hybridized carbons (Fsp3) is 0.938. The summed E-state index contributed by atoms with van der Waals surface area (Å²) in [6, 6.07) is 0.106. The van der Waals surface area contributed by atoms with Crippen LogP contribution in [-0.4, -0.2) is 18.4 Å². The number of unbranched alkanes of at least 4 members (excludes halogenated alkanes) is 3. The number of hydrogen-bond acceptors (Lipinski definition) is 2. The minimum Gasteiger partial charge on any atom is -0.307 e. The average molecular weight is 253 g/mol. The van der Waals surface area contributed by atoms with Crippen molar-refractivity contribution in [1.29, 1.82) is 0 Å². The highest BCUT2D eigenvalue weighted by Crippen LogP contribution is 2.29. The highest BCUT2D eigenvalue weighted by Gasteiger charge is 2.34. The third-order valence-electron chi connectivity index (χ3n) is 4.30. The molecule has 1 heterocycles. The average Bonchev–Trinajstić information content (AvgIpc) is 2.34. The first kappa shape index (κ1) is 15.7. The van der Waals surface area contributed by atoms with Gasteiger partial charge >= 0.3 is 0 Å². The summed E-state index contributed by atoms with van der Waals surface area (Å²) in [5, 5.41) is 3.41. The summed E-state index contributed by atoms with van der Waals surface area (Å²) in [6.45, 7) is 9.74. The molecule has 1 rings (SSSR count). The molecule has 0 aliphatic carbocycles. The first-order chi connectivity index (χ1) is 8.47. The number of rotatable bonds is 7. The Kier molecular flexibility index (Phi) is 6.34. The van der Waals surface area contributed by atoms with Crippen molar-refractivity contribution in [3.05, 3.63) is 0 Å². The second-order valence-corrected chi connectivity index (χ2v) is 6.70. The number of nitrogens with one attached hydrogen (secondary N) is 1. The van der Waals surface area contributed by atoms with Crippen LogP contribution in [0.3, 0.4) is 0 Å². The van der Waals surface area contributed by atoms with E-state index in [-0.39, 0.29) is 11.5 Å². The van der Waals surface area contributed by atoms with Gasteiger partial charge in [0.1, 0.15) is 0 Å². The quantitative estimate of drug-likeness (QED) is 0.696. The van der Waals surface area contributed by atoms with Gasteiger partial charge in [-0.1, -0.05) is 53.4 Å². The van der Waals surface area contributed by atoms with Crippen molar-refractivity contribution in [2.75, 3.05) is 6.54 Å². The van der Waals surface area contributed by atoms with Gasteiger partial charge in [-0.05, 0) is 31.7 Å². The summed E-state index contributed by atoms with van der Waals surface area (Å²) >= 11 is 0. The molecule has 1 aliphatic heterocycles. The van der Waals surface area contributed by atoms with E-state index in [4.69, 9.17) is 0 Å². The molecule has 0 aromatic carbocycles. The van der Waals surface area contributed by atoms with E-state index in [1.165, 1.54) is 32.1 Å². The zero-order valence-electron chi connectivity index (χ0n) is 12.7. The van der Waals surface area contributed by atoms with Crippen LogP contribution >= 0.6 is 0 Å². The second-order valence-electron chi connectivity index (χ2n) is 6.70. The van der Waals surface area contributed by atoms with Gasteiger partial charge in [-0.2, -0.15) is 0 Å². The van der Waals surface area contributed by atoms with Crippen molar-refractivity contribution in [3.8, 4) is 0 Å². The Hall–Kier alpha value is -0.370. The summed E-state index contributed by atoms with van der Waals surface area (Å²) < 4.78 is 0. The molecule has 106 valence electrons. The smallest absolute Gasteiger partial charge is 0.155 e. The molecule has 1 fully saturated rings. The van der Waals surface area contributed by atoms with E-state index in [1.54, 1.807) is 0 Å². The summed E-state index contributed by atoms with van der Waals surface area (Å²) in [5.41, 5.74) is -0.150. The lowest BCUT2D eigenvalue weighted by Crippen LogP contribution is -2.48. The third kappa shape index (κ3) is 4.72. The molecule has 2 nitrogen and oxygen atoms in total. The minimum absolute atomic E-state index is 0.106. The minimum atomic E-state index is -0.150. The molecule has 0 radical (unpaired) electrons. The van der Waals surface area contributed by atoms with Crippen LogP contribution in [0.25, 0.3) is 0 Å². The zero-order valence-corrected chi connectivity index (χ0v) is 12.7. The van der Waals surface area contributed by atoms with E-state index in [2.05, 4.69) is 33.0 Å². The lowest BCUT2D eigenvalue weighted by atomic mass is 9.76. The number of carbonyl (C=O) groups excluding carboxylic acids is 1. The first-order valence-corrected chi connectivity index (χ1v) is 7.75. The maximum atomic E-state index is 12.6. The van der Waals surface area contributed by atoms with E-state index in [9.17, 15) is 4.79 Å². The Balaban J connectivity index is 2.42. The van der Waals surface area contributed by atoms with Crippen molar-refractivity contribution in [1.82, 2.24) is 5.32 Å². The monoisotopic (exact) mass is 253 g/mol. The SMILES string of the molecule is CCCCCCC(C)(C)C(=O)C1CC(C)CCN1. The van der Waals surface area contributed by atoms with Gasteiger partial charge in [0.2, 0.25) is 0 Å². The number of piperidine rings is 1. The molecular weight excluding hydrogens is 222 g/mol. The predicted octanol–water partition coefficient (Wildman–Crippen LogP) is 3.94. The Morgan fingerprint density at radius 2 is 2.00 bits per heavy atom. The fourth-order valence-corrected chi connectivity index (χ4v) is 2.90. The van der Waals surface area contributed by atoms with Gasteiger partial charge in [0.15, 0.2) is 5.78 Å². The lowest BCUT2D eigenvalue weighted by Gasteiger charge is -2.33. The Labute approximate surface area is 113 Å². The standard InChI is InChI=1S/C16H31NO/c1-5-6-7-8-10-16(3,4)15(18)14-12-13(2)9-11-17-14/h13-14,17H,5-12H2,1-4H3. The van der Waals surface area contributed by atoms with Crippen molar-refractivity contribution in [3.63, 3.8) is 0 Å². The molecule has 0 aromatic rings. The van der Waals surface area contributed by atoms with Gasteiger partial charge < -0.3 is 5.32 Å². The van der Waals surface area contributed by atoms with Crippen LogP contribution in [-0.2, 0) is 4.79 Å². The summed E-state index contributed by atoms with van der Waals surface area (Å²) in [4.78, 5) is 12.6. The van der Waals surface area contributed by atoms with Crippen LogP contribution < -0.4 is 5.32 Å². The largest absolute Gasteiger partial charge is 0.307 e. The molecule has 2 unspecified atom stereocenters. The fourth-order valence-electron chi connectivity index (χ4n) is 2.90. The number of Topliss-reactive ketones (excluding diaryl/α,β-unsaturated/α-hetero) is 1. The van der Waals surface area contributed by atoms with Gasteiger partial charge in [-0.25, -0.2) is 0 Å². The number of carbonyl (C=O) groups is 1. The molecule has 1 N–H and O–H groups in total. The van der Waals surface area contributed by atoms with Crippen LogP contribution in [0.2, 0.25) is 0 Å². The summed E-state index contributed by atoms with van der Waals surface area (Å²) in [5.74, 6) is 1.13. The number of hydrogen-bond donors (Lipinski definition) is 1. The summed E-state index contributed by atoms with van der Waals surface area (Å²) in [7, 11) is 0. The molecule has 2 heteroatoms. The molecule has 1 saturated heterocycles. The normalized spacial score (nSPS) is 25.1. The topological polar surface area (TPSA) is 29.1 Å². The van der Waals surface area contributed by atoms with Gasteiger partial charge in [0, 0.05) is 5.41 Å². The predicted molar refractivity (Wildman–Crippen MR) is 77.7 cm³/mol. The molecule has 2 atom stereocenters. The Morgan fingerprint density at radius 3 is 2.61 bits per heavy atom. The maximum Gasteiger partial charge on any atom is 0.155 e. The highest BCUT2D eigenvalue weighted by molar-refractivity contribution is 5.89. The zero-order chi connectivity index (χ0) is 13.6. The van der Waals surface area contributed by atoms with E-state index >= 15 is 0 Å². The van der Waals surface area contributed by atoms with Crippen molar-refractivity contribution < 1.29 is 4.79 Å². The second kappa shape index (κ2) is 7.28. The van der Waals surface area contributed by atoms with Crippen molar-refractivity contribution >= 4 is 5.78 Å². The van der Waals surface area contributed by atoms with Gasteiger partial charge in [-0.3, -0.25) is 4.79 Å². The third-order valence-corrected chi connectivity index (χ3v) is 4.30. The molecule has 0 amide bonds. The molecule has 0 aromatic heterocycles. The molecule has 1 aliphatic rings. The van der Waals surface area contributed by atoms with E-state index in [1.807, 2.05) is 0 Å².